The van der Waals surface area contributed by atoms with Crippen LogP contribution >= 0.6 is 0 Å². The van der Waals surface area contributed by atoms with E-state index < -0.39 is 5.54 Å². The fourth-order valence-electron chi connectivity index (χ4n) is 2.55. The molecule has 2 aliphatic rings. The van der Waals surface area contributed by atoms with E-state index in [0.717, 1.165) is 17.1 Å². The third kappa shape index (κ3) is 1.80. The van der Waals surface area contributed by atoms with E-state index in [-0.39, 0.29) is 5.91 Å². The maximum absolute atomic E-state index is 12.4. The number of hydrogen-bond donors (Lipinski definition) is 1. The van der Waals surface area contributed by atoms with Crippen LogP contribution < -0.4 is 19.7 Å². The van der Waals surface area contributed by atoms with Crippen LogP contribution in [0.15, 0.2) is 12.1 Å². The van der Waals surface area contributed by atoms with E-state index in [4.69, 9.17) is 9.47 Å². The number of amides is 1. The third-order valence-electron chi connectivity index (χ3n) is 3.49. The van der Waals surface area contributed by atoms with Gasteiger partial charge < -0.3 is 19.7 Å². The van der Waals surface area contributed by atoms with Gasteiger partial charge in [-0.05, 0) is 20.8 Å². The Hall–Kier alpha value is -1.91. The van der Waals surface area contributed by atoms with E-state index in [9.17, 15) is 4.79 Å². The molecule has 2 aliphatic heterocycles. The van der Waals surface area contributed by atoms with Crippen LogP contribution in [-0.2, 0) is 4.79 Å². The summed E-state index contributed by atoms with van der Waals surface area (Å²) in [4.78, 5) is 14.2. The average Bonchev–Trinajstić information content (AvgIpc) is 2.38. The molecule has 0 fully saturated rings. The van der Waals surface area contributed by atoms with E-state index in [2.05, 4.69) is 5.32 Å². The number of rotatable bonds is 1. The first-order valence-electron chi connectivity index (χ1n) is 6.56. The molecule has 1 aromatic carbocycles. The van der Waals surface area contributed by atoms with Crippen molar-refractivity contribution in [3.05, 3.63) is 12.1 Å². The minimum Gasteiger partial charge on any atom is -0.486 e. The quantitative estimate of drug-likeness (QED) is 0.841. The van der Waals surface area contributed by atoms with Crippen molar-refractivity contribution in [2.75, 3.05) is 30.0 Å². The van der Waals surface area contributed by atoms with Crippen LogP contribution in [0.3, 0.4) is 0 Å². The minimum atomic E-state index is -0.604. The predicted molar refractivity (Wildman–Crippen MR) is 73.2 cm³/mol. The fourth-order valence-corrected chi connectivity index (χ4v) is 2.55. The normalized spacial score (nSPS) is 19.7. The van der Waals surface area contributed by atoms with Gasteiger partial charge >= 0.3 is 0 Å². The van der Waals surface area contributed by atoms with Gasteiger partial charge in [0.2, 0.25) is 0 Å². The van der Waals surface area contributed by atoms with Crippen molar-refractivity contribution in [3.8, 4) is 11.5 Å². The van der Waals surface area contributed by atoms with E-state index in [1.807, 2.05) is 32.9 Å². The molecule has 3 rings (SSSR count). The number of hydrogen-bond acceptors (Lipinski definition) is 4. The average molecular weight is 262 g/mol. The molecule has 5 nitrogen and oxygen atoms in total. The van der Waals surface area contributed by atoms with Crippen LogP contribution in [0.4, 0.5) is 11.4 Å². The van der Waals surface area contributed by atoms with Gasteiger partial charge in [0.05, 0.1) is 11.4 Å². The van der Waals surface area contributed by atoms with Crippen molar-refractivity contribution in [2.24, 2.45) is 0 Å². The van der Waals surface area contributed by atoms with Crippen LogP contribution in [-0.4, -0.2) is 31.2 Å². The highest BCUT2D eigenvalue weighted by Gasteiger charge is 2.38. The van der Waals surface area contributed by atoms with Gasteiger partial charge in [-0.1, -0.05) is 0 Å². The van der Waals surface area contributed by atoms with E-state index in [1.165, 1.54) is 0 Å². The summed E-state index contributed by atoms with van der Waals surface area (Å²) in [6, 6.07) is 3.80. The number of nitrogens with zero attached hydrogens (tertiary/aromatic N) is 1. The Bertz CT molecular complexity index is 540. The SMILES string of the molecule is CCN1C(=O)C(C)(C)Nc2cc3c(cc21)OCCO3. The van der Waals surface area contributed by atoms with E-state index >= 15 is 0 Å². The van der Waals surface area contributed by atoms with Gasteiger partial charge in [-0.25, -0.2) is 0 Å². The highest BCUT2D eigenvalue weighted by molar-refractivity contribution is 6.07. The number of carbonyl (C=O) groups excluding carboxylic acids is 1. The molecule has 102 valence electrons. The molecule has 1 N–H and O–H groups in total. The Labute approximate surface area is 112 Å². The molecule has 0 unspecified atom stereocenters. The zero-order chi connectivity index (χ0) is 13.6. The minimum absolute atomic E-state index is 0.0687. The lowest BCUT2D eigenvalue weighted by Crippen LogP contribution is -2.53. The second-order valence-electron chi connectivity index (χ2n) is 5.31. The molecule has 0 aliphatic carbocycles. The van der Waals surface area contributed by atoms with Crippen molar-refractivity contribution in [1.82, 2.24) is 0 Å². The van der Waals surface area contributed by atoms with Crippen LogP contribution in [0.25, 0.3) is 0 Å². The summed E-state index contributed by atoms with van der Waals surface area (Å²) in [6.07, 6.45) is 0. The second-order valence-corrected chi connectivity index (χ2v) is 5.31. The second kappa shape index (κ2) is 4.05. The summed E-state index contributed by atoms with van der Waals surface area (Å²) in [5.74, 6) is 1.51. The molecular weight excluding hydrogens is 244 g/mol. The lowest BCUT2D eigenvalue weighted by Gasteiger charge is -2.40. The van der Waals surface area contributed by atoms with Gasteiger partial charge in [0.15, 0.2) is 11.5 Å². The molecule has 5 heteroatoms. The van der Waals surface area contributed by atoms with Crippen LogP contribution in [0.5, 0.6) is 11.5 Å². The molecule has 1 amide bonds. The number of anilines is 2. The van der Waals surface area contributed by atoms with Crippen LogP contribution in [0.2, 0.25) is 0 Å². The molecule has 19 heavy (non-hydrogen) atoms. The standard InChI is InChI=1S/C14H18N2O3/c1-4-16-10-8-12-11(18-5-6-19-12)7-9(10)15-14(2,3)13(16)17/h7-8,15H,4-6H2,1-3H3. The zero-order valence-corrected chi connectivity index (χ0v) is 11.4. The number of benzene rings is 1. The molecule has 0 saturated heterocycles. The highest BCUT2D eigenvalue weighted by Crippen LogP contribution is 2.43. The molecule has 1 aromatic rings. The molecule has 0 radical (unpaired) electrons. The maximum atomic E-state index is 12.4. The smallest absolute Gasteiger partial charge is 0.252 e. The summed E-state index contributed by atoms with van der Waals surface area (Å²) in [5, 5.41) is 3.27. The Morgan fingerprint density at radius 3 is 2.53 bits per heavy atom. The lowest BCUT2D eigenvalue weighted by molar-refractivity contribution is -0.122. The molecule has 0 spiro atoms. The van der Waals surface area contributed by atoms with Gasteiger partial charge in [-0.2, -0.15) is 0 Å². The molecule has 2 heterocycles. The maximum Gasteiger partial charge on any atom is 0.252 e. The number of nitrogens with one attached hydrogen (secondary N) is 1. The lowest BCUT2D eigenvalue weighted by atomic mass is 9.98. The number of carbonyl (C=O) groups is 1. The Balaban J connectivity index is 2.12. The topological polar surface area (TPSA) is 50.8 Å². The van der Waals surface area contributed by atoms with Crippen LogP contribution in [0.1, 0.15) is 20.8 Å². The van der Waals surface area contributed by atoms with Crippen molar-refractivity contribution < 1.29 is 14.3 Å². The van der Waals surface area contributed by atoms with Crippen molar-refractivity contribution >= 4 is 17.3 Å². The number of ether oxygens (including phenoxy) is 2. The van der Waals surface area contributed by atoms with Gasteiger partial charge in [-0.15, -0.1) is 0 Å². The summed E-state index contributed by atoms with van der Waals surface area (Å²) < 4.78 is 11.2. The van der Waals surface area contributed by atoms with Crippen molar-refractivity contribution in [3.63, 3.8) is 0 Å². The molecule has 0 saturated carbocycles. The Morgan fingerprint density at radius 1 is 1.26 bits per heavy atom. The predicted octanol–water partition coefficient (Wildman–Crippen LogP) is 2.01. The van der Waals surface area contributed by atoms with Crippen LogP contribution in [0, 0.1) is 0 Å². The van der Waals surface area contributed by atoms with Crippen molar-refractivity contribution in [2.45, 2.75) is 26.3 Å². The molecular formula is C14H18N2O3. The molecule has 0 atom stereocenters. The number of likely N-dealkylation sites (N-methyl/N-ethyl adjacent to an activating group) is 1. The number of fused-ring (bicyclic) bond motifs is 2. The first-order valence-corrected chi connectivity index (χ1v) is 6.56. The molecule has 0 aromatic heterocycles. The molecule has 0 bridgehead atoms. The van der Waals surface area contributed by atoms with E-state index in [1.54, 1.807) is 4.90 Å². The monoisotopic (exact) mass is 262 g/mol. The van der Waals surface area contributed by atoms with E-state index in [0.29, 0.717) is 25.5 Å². The first-order chi connectivity index (χ1) is 9.03. The third-order valence-corrected chi connectivity index (χ3v) is 3.49. The highest BCUT2D eigenvalue weighted by atomic mass is 16.6. The summed E-state index contributed by atoms with van der Waals surface area (Å²) in [5.41, 5.74) is 1.17. The first kappa shape index (κ1) is 12.1. The van der Waals surface area contributed by atoms with Gasteiger partial charge in [0.25, 0.3) is 5.91 Å². The zero-order valence-electron chi connectivity index (χ0n) is 11.4. The Kier molecular flexibility index (Phi) is 2.59. The van der Waals surface area contributed by atoms with Gasteiger partial charge in [-0.3, -0.25) is 4.79 Å². The van der Waals surface area contributed by atoms with Gasteiger partial charge in [0, 0.05) is 18.7 Å². The van der Waals surface area contributed by atoms with Crippen molar-refractivity contribution in [1.29, 1.82) is 0 Å². The summed E-state index contributed by atoms with van der Waals surface area (Å²) in [6.45, 7) is 7.49. The Morgan fingerprint density at radius 2 is 1.89 bits per heavy atom. The largest absolute Gasteiger partial charge is 0.486 e. The summed E-state index contributed by atoms with van der Waals surface area (Å²) in [7, 11) is 0. The fraction of sp³-hybridized carbons (Fsp3) is 0.500. The summed E-state index contributed by atoms with van der Waals surface area (Å²) >= 11 is 0. The van der Waals surface area contributed by atoms with Gasteiger partial charge in [0.1, 0.15) is 18.8 Å².